The summed E-state index contributed by atoms with van der Waals surface area (Å²) in [5.41, 5.74) is -0.978. The molecule has 6 nitrogen and oxygen atoms in total. The molecule has 13 heavy (non-hydrogen) atoms. The summed E-state index contributed by atoms with van der Waals surface area (Å²) in [5.74, 6) is -0.410. The highest BCUT2D eigenvalue weighted by molar-refractivity contribution is 6.06. The van der Waals surface area contributed by atoms with Gasteiger partial charge in [0, 0.05) is 0 Å². The molecule has 1 saturated heterocycles. The van der Waals surface area contributed by atoms with Crippen molar-refractivity contribution in [2.75, 3.05) is 6.73 Å². The molecule has 0 bridgehead atoms. The standard InChI is InChI=1S/C7H9N2O4/c1-7(2)5(11)8-6(12)9(7)3-13-4-10/h3H2,1-2H3,(H,8,11,12). The lowest BCUT2D eigenvalue weighted by Gasteiger charge is -2.25. The van der Waals surface area contributed by atoms with Gasteiger partial charge in [0.1, 0.15) is 5.54 Å². The molecule has 0 aromatic heterocycles. The molecule has 1 aliphatic rings. The van der Waals surface area contributed by atoms with Gasteiger partial charge in [-0.25, -0.2) is 9.59 Å². The number of rotatable bonds is 3. The monoisotopic (exact) mass is 185 g/mol. The van der Waals surface area contributed by atoms with Crippen molar-refractivity contribution < 1.29 is 19.1 Å². The van der Waals surface area contributed by atoms with Crippen molar-refractivity contribution in [1.29, 1.82) is 0 Å². The van der Waals surface area contributed by atoms with Crippen LogP contribution in [0.1, 0.15) is 13.8 Å². The molecule has 0 aliphatic carbocycles. The molecule has 0 atom stereocenters. The Labute approximate surface area is 74.8 Å². The van der Waals surface area contributed by atoms with Gasteiger partial charge in [0.15, 0.2) is 6.73 Å². The molecule has 1 radical (unpaired) electrons. The fourth-order valence-electron chi connectivity index (χ4n) is 1.00. The first-order chi connectivity index (χ1) is 6.00. The molecule has 0 aromatic carbocycles. The minimum absolute atomic E-state index is 0.270. The van der Waals surface area contributed by atoms with E-state index < -0.39 is 17.5 Å². The second-order valence-corrected chi connectivity index (χ2v) is 3.10. The smallest absolute Gasteiger partial charge is 0.419 e. The number of urea groups is 1. The van der Waals surface area contributed by atoms with E-state index in [2.05, 4.69) is 10.1 Å². The predicted molar refractivity (Wildman–Crippen MR) is 41.1 cm³/mol. The minimum Gasteiger partial charge on any atom is -0.436 e. The summed E-state index contributed by atoms with van der Waals surface area (Å²) in [5, 5.41) is 2.10. The number of imide groups is 1. The van der Waals surface area contributed by atoms with Gasteiger partial charge in [-0.2, -0.15) is 0 Å². The zero-order valence-electron chi connectivity index (χ0n) is 7.29. The van der Waals surface area contributed by atoms with E-state index in [1.54, 1.807) is 13.8 Å². The summed E-state index contributed by atoms with van der Waals surface area (Å²) in [4.78, 5) is 33.1. The van der Waals surface area contributed by atoms with Gasteiger partial charge in [-0.1, -0.05) is 0 Å². The average Bonchev–Trinajstić information content (AvgIpc) is 2.21. The van der Waals surface area contributed by atoms with Gasteiger partial charge in [0.25, 0.3) is 5.91 Å². The fraction of sp³-hybridized carbons (Fsp3) is 0.571. The molecule has 0 spiro atoms. The quantitative estimate of drug-likeness (QED) is 0.593. The van der Waals surface area contributed by atoms with Crippen LogP contribution in [-0.4, -0.2) is 35.6 Å². The third kappa shape index (κ3) is 1.47. The Kier molecular flexibility index (Phi) is 2.22. The number of nitrogens with one attached hydrogen (secondary N) is 1. The largest absolute Gasteiger partial charge is 0.436 e. The van der Waals surface area contributed by atoms with E-state index in [0.29, 0.717) is 0 Å². The van der Waals surface area contributed by atoms with Crippen LogP contribution in [0.2, 0.25) is 0 Å². The van der Waals surface area contributed by atoms with Crippen molar-refractivity contribution in [1.82, 2.24) is 10.2 Å². The van der Waals surface area contributed by atoms with Crippen molar-refractivity contribution >= 4 is 18.4 Å². The molecule has 1 fully saturated rings. The highest BCUT2D eigenvalue weighted by Gasteiger charge is 2.45. The average molecular weight is 185 g/mol. The lowest BCUT2D eigenvalue weighted by molar-refractivity contribution is -0.126. The summed E-state index contributed by atoms with van der Waals surface area (Å²) in [6.07, 6.45) is 0. The maximum absolute atomic E-state index is 11.2. The molecule has 0 aromatic rings. The third-order valence-electron chi connectivity index (χ3n) is 1.95. The summed E-state index contributed by atoms with van der Waals surface area (Å²) in [6.45, 7) is 4.03. The van der Waals surface area contributed by atoms with Gasteiger partial charge >= 0.3 is 12.5 Å². The van der Waals surface area contributed by atoms with Crippen molar-refractivity contribution in [3.05, 3.63) is 0 Å². The second kappa shape index (κ2) is 3.04. The van der Waals surface area contributed by atoms with E-state index >= 15 is 0 Å². The SMILES string of the molecule is CC1(C)C(=O)NC(=O)N1CO[C]=O. The lowest BCUT2D eigenvalue weighted by atomic mass is 10.1. The highest BCUT2D eigenvalue weighted by atomic mass is 16.5. The summed E-state index contributed by atoms with van der Waals surface area (Å²) in [6, 6.07) is -0.565. The van der Waals surface area contributed by atoms with E-state index in [9.17, 15) is 14.4 Å². The first kappa shape index (κ1) is 9.50. The maximum atomic E-state index is 11.2. The van der Waals surface area contributed by atoms with Crippen molar-refractivity contribution in [3.8, 4) is 0 Å². The van der Waals surface area contributed by atoms with Gasteiger partial charge < -0.3 is 4.74 Å². The van der Waals surface area contributed by atoms with Crippen LogP contribution >= 0.6 is 0 Å². The molecule has 0 unspecified atom stereocenters. The first-order valence-corrected chi connectivity index (χ1v) is 3.62. The molecule has 1 rings (SSSR count). The van der Waals surface area contributed by atoms with Crippen LogP contribution in [0.4, 0.5) is 4.79 Å². The summed E-state index contributed by atoms with van der Waals surface area (Å²) >= 11 is 0. The van der Waals surface area contributed by atoms with Crippen LogP contribution in [0, 0.1) is 0 Å². The number of amides is 3. The van der Waals surface area contributed by atoms with Gasteiger partial charge in [0.05, 0.1) is 0 Å². The Hall–Kier alpha value is -1.59. The normalized spacial score (nSPS) is 20.0. The number of hydrogen-bond donors (Lipinski definition) is 1. The van der Waals surface area contributed by atoms with Gasteiger partial charge in [-0.15, -0.1) is 0 Å². The van der Waals surface area contributed by atoms with Crippen molar-refractivity contribution in [3.63, 3.8) is 0 Å². The fourth-order valence-corrected chi connectivity index (χ4v) is 1.00. The molecule has 6 heteroatoms. The minimum atomic E-state index is -0.978. The Balaban J connectivity index is 2.76. The van der Waals surface area contributed by atoms with E-state index in [1.807, 2.05) is 0 Å². The Morgan fingerprint density at radius 1 is 1.54 bits per heavy atom. The molecule has 1 aliphatic heterocycles. The zero-order chi connectivity index (χ0) is 10.1. The van der Waals surface area contributed by atoms with E-state index in [0.717, 1.165) is 4.90 Å². The van der Waals surface area contributed by atoms with Gasteiger partial charge in [0.2, 0.25) is 0 Å². The van der Waals surface area contributed by atoms with Gasteiger partial charge in [-0.3, -0.25) is 15.0 Å². The molecule has 1 N–H and O–H groups in total. The Morgan fingerprint density at radius 2 is 2.15 bits per heavy atom. The molecular formula is C7H9N2O4. The molecular weight excluding hydrogens is 176 g/mol. The van der Waals surface area contributed by atoms with Crippen LogP contribution in [0.3, 0.4) is 0 Å². The van der Waals surface area contributed by atoms with E-state index in [1.165, 1.54) is 6.47 Å². The van der Waals surface area contributed by atoms with Crippen LogP contribution in [0.15, 0.2) is 0 Å². The van der Waals surface area contributed by atoms with Crippen LogP contribution in [0.25, 0.3) is 0 Å². The molecule has 71 valence electrons. The Bertz CT molecular complexity index is 261. The predicted octanol–water partition coefficient (Wildman–Crippen LogP) is -0.642. The number of carbonyl (C=O) groups is 2. The number of hydrogen-bond acceptors (Lipinski definition) is 4. The van der Waals surface area contributed by atoms with Crippen LogP contribution < -0.4 is 5.32 Å². The zero-order valence-corrected chi connectivity index (χ0v) is 7.29. The summed E-state index contributed by atoms with van der Waals surface area (Å²) < 4.78 is 4.28. The molecule has 1 heterocycles. The number of ether oxygens (including phenoxy) is 1. The van der Waals surface area contributed by atoms with Crippen molar-refractivity contribution in [2.45, 2.75) is 19.4 Å². The molecule has 0 saturated carbocycles. The summed E-state index contributed by atoms with van der Waals surface area (Å²) in [7, 11) is 0. The Morgan fingerprint density at radius 3 is 2.54 bits per heavy atom. The van der Waals surface area contributed by atoms with E-state index in [4.69, 9.17) is 0 Å². The third-order valence-corrected chi connectivity index (χ3v) is 1.95. The maximum Gasteiger partial charge on any atom is 0.419 e. The number of carbonyl (C=O) groups excluding carboxylic acids is 3. The van der Waals surface area contributed by atoms with Crippen LogP contribution in [0.5, 0.6) is 0 Å². The topological polar surface area (TPSA) is 75.7 Å². The lowest BCUT2D eigenvalue weighted by Crippen LogP contribution is -2.45. The number of nitrogens with zero attached hydrogens (tertiary/aromatic N) is 1. The second-order valence-electron chi connectivity index (χ2n) is 3.10. The van der Waals surface area contributed by atoms with Gasteiger partial charge in [-0.05, 0) is 13.8 Å². The van der Waals surface area contributed by atoms with Crippen molar-refractivity contribution in [2.24, 2.45) is 0 Å². The first-order valence-electron chi connectivity index (χ1n) is 3.62. The van der Waals surface area contributed by atoms with E-state index in [-0.39, 0.29) is 6.73 Å². The van der Waals surface area contributed by atoms with Crippen LogP contribution in [-0.2, 0) is 14.3 Å². The highest BCUT2D eigenvalue weighted by Crippen LogP contribution is 2.19. The molecule has 3 amide bonds.